The van der Waals surface area contributed by atoms with E-state index in [1.807, 2.05) is 0 Å². The summed E-state index contributed by atoms with van der Waals surface area (Å²) < 4.78 is 0. The molecular weight excluding hydrogens is 336 g/mol. The van der Waals surface area contributed by atoms with Crippen molar-refractivity contribution in [3.63, 3.8) is 0 Å². The second-order valence-electron chi connectivity index (χ2n) is 9.96. The molecule has 0 spiro atoms. The van der Waals surface area contributed by atoms with Crippen molar-refractivity contribution in [3.05, 3.63) is 0 Å². The quantitative estimate of drug-likeness (QED) is 0.143. The van der Waals surface area contributed by atoms with E-state index in [1.165, 1.54) is 154 Å². The molecule has 0 heteroatoms. The Balaban J connectivity index is 2.98. The summed E-state index contributed by atoms with van der Waals surface area (Å²) in [5.74, 6) is 0.898. The lowest BCUT2D eigenvalue weighted by molar-refractivity contribution is 0.500. The molecule has 0 saturated heterocycles. The number of unbranched alkanes of at least 4 members (excludes halogenated alkanes) is 22. The highest BCUT2D eigenvalue weighted by Gasteiger charge is 1.97. The Morgan fingerprint density at radius 2 is 0.536 bits per heavy atom. The van der Waals surface area contributed by atoms with Gasteiger partial charge in [-0.1, -0.05) is 175 Å². The van der Waals surface area contributed by atoms with E-state index < -0.39 is 0 Å². The summed E-state index contributed by atoms with van der Waals surface area (Å²) in [6.45, 7) is 6.99. The molecule has 0 aromatic heterocycles. The summed E-state index contributed by atoms with van der Waals surface area (Å²) in [6.07, 6.45) is 35.4. The molecule has 28 heavy (non-hydrogen) atoms. The first-order valence-corrected chi connectivity index (χ1v) is 13.8. The topological polar surface area (TPSA) is 0 Å². The molecule has 0 aliphatic heterocycles. The van der Waals surface area contributed by atoms with Gasteiger partial charge in [-0.15, -0.1) is 0 Å². The predicted molar refractivity (Wildman–Crippen MR) is 131 cm³/mol. The van der Waals surface area contributed by atoms with Crippen LogP contribution in [0.4, 0.5) is 0 Å². The molecule has 0 aromatic rings. The van der Waals surface area contributed by atoms with Crippen LogP contribution in [0.1, 0.15) is 175 Å². The van der Waals surface area contributed by atoms with Crippen LogP contribution < -0.4 is 0 Å². The summed E-state index contributed by atoms with van der Waals surface area (Å²) >= 11 is 0. The molecule has 0 aliphatic rings. The van der Waals surface area contributed by atoms with Gasteiger partial charge in [0, 0.05) is 0 Å². The van der Waals surface area contributed by atoms with E-state index in [1.54, 1.807) is 0 Å². The van der Waals surface area contributed by atoms with Crippen LogP contribution >= 0.6 is 0 Å². The minimum absolute atomic E-state index is 0.898. The number of hydrogen-bond acceptors (Lipinski definition) is 0. The molecule has 0 N–H and O–H groups in total. The molecule has 0 bridgehead atoms. The standard InChI is InChI=1S/C28H58/c1-4-5-6-7-8-9-10-11-12-13-14-15-16-17-18-19-20-21-22-23-24-25-26-27-28(2)3/h28H,4-27H2,1-3H3. The molecule has 0 radical (unpaired) electrons. The van der Waals surface area contributed by atoms with Gasteiger partial charge in [-0.05, 0) is 5.92 Å². The van der Waals surface area contributed by atoms with Gasteiger partial charge < -0.3 is 0 Å². The third-order valence-corrected chi connectivity index (χ3v) is 6.39. The zero-order valence-electron chi connectivity index (χ0n) is 20.5. The van der Waals surface area contributed by atoms with Crippen molar-refractivity contribution in [1.29, 1.82) is 0 Å². The van der Waals surface area contributed by atoms with Gasteiger partial charge in [0.05, 0.1) is 0 Å². The van der Waals surface area contributed by atoms with Gasteiger partial charge >= 0.3 is 0 Å². The van der Waals surface area contributed by atoms with E-state index in [0.717, 1.165) is 5.92 Å². The normalized spacial score (nSPS) is 11.6. The summed E-state index contributed by atoms with van der Waals surface area (Å²) in [4.78, 5) is 0. The van der Waals surface area contributed by atoms with E-state index in [4.69, 9.17) is 0 Å². The molecule has 0 unspecified atom stereocenters. The molecular formula is C28H58. The van der Waals surface area contributed by atoms with E-state index in [9.17, 15) is 0 Å². The average Bonchev–Trinajstić information content (AvgIpc) is 2.68. The van der Waals surface area contributed by atoms with Gasteiger partial charge in [-0.2, -0.15) is 0 Å². The van der Waals surface area contributed by atoms with Crippen LogP contribution in [0.5, 0.6) is 0 Å². The molecule has 0 amide bonds. The molecule has 0 saturated carbocycles. The van der Waals surface area contributed by atoms with Crippen LogP contribution in [-0.2, 0) is 0 Å². The summed E-state index contributed by atoms with van der Waals surface area (Å²) in [6, 6.07) is 0. The second kappa shape index (κ2) is 25.0. The first-order chi connectivity index (χ1) is 13.8. The van der Waals surface area contributed by atoms with Crippen molar-refractivity contribution in [2.75, 3.05) is 0 Å². The van der Waals surface area contributed by atoms with E-state index in [-0.39, 0.29) is 0 Å². The smallest absolute Gasteiger partial charge is 0.0471 e. The average molecular weight is 395 g/mol. The molecule has 0 rings (SSSR count). The summed E-state index contributed by atoms with van der Waals surface area (Å²) in [5.41, 5.74) is 0. The minimum atomic E-state index is 0.898. The van der Waals surface area contributed by atoms with Crippen LogP contribution in [0.25, 0.3) is 0 Å². The Bertz CT molecular complexity index is 255. The van der Waals surface area contributed by atoms with Crippen LogP contribution in [0.3, 0.4) is 0 Å². The van der Waals surface area contributed by atoms with Crippen molar-refractivity contribution in [2.45, 2.75) is 175 Å². The van der Waals surface area contributed by atoms with Gasteiger partial charge in [-0.3, -0.25) is 0 Å². The predicted octanol–water partition coefficient (Wildman–Crippen LogP) is 11.0. The van der Waals surface area contributed by atoms with E-state index in [2.05, 4.69) is 20.8 Å². The fraction of sp³-hybridized carbons (Fsp3) is 1.00. The minimum Gasteiger partial charge on any atom is -0.0654 e. The second-order valence-corrected chi connectivity index (χ2v) is 9.96. The van der Waals surface area contributed by atoms with Gasteiger partial charge in [0.2, 0.25) is 0 Å². The van der Waals surface area contributed by atoms with Crippen molar-refractivity contribution in [1.82, 2.24) is 0 Å². The molecule has 0 heterocycles. The van der Waals surface area contributed by atoms with Crippen molar-refractivity contribution in [3.8, 4) is 0 Å². The molecule has 170 valence electrons. The number of rotatable bonds is 24. The highest BCUT2D eigenvalue weighted by molar-refractivity contribution is 4.52. The lowest BCUT2D eigenvalue weighted by atomic mass is 10.0. The van der Waals surface area contributed by atoms with Crippen molar-refractivity contribution in [2.24, 2.45) is 5.92 Å². The fourth-order valence-electron chi connectivity index (χ4n) is 4.34. The number of hydrogen-bond donors (Lipinski definition) is 0. The molecule has 0 fully saturated rings. The summed E-state index contributed by atoms with van der Waals surface area (Å²) in [5, 5.41) is 0. The van der Waals surface area contributed by atoms with Gasteiger partial charge in [0.25, 0.3) is 0 Å². The van der Waals surface area contributed by atoms with Crippen LogP contribution in [0.15, 0.2) is 0 Å². The van der Waals surface area contributed by atoms with Gasteiger partial charge in [0.1, 0.15) is 0 Å². The highest BCUT2D eigenvalue weighted by Crippen LogP contribution is 2.16. The Labute approximate surface area is 181 Å². The lowest BCUT2D eigenvalue weighted by Gasteiger charge is -2.05. The third-order valence-electron chi connectivity index (χ3n) is 6.39. The Morgan fingerprint density at radius 1 is 0.321 bits per heavy atom. The molecule has 0 atom stereocenters. The van der Waals surface area contributed by atoms with Crippen LogP contribution in [0, 0.1) is 5.92 Å². The van der Waals surface area contributed by atoms with Crippen LogP contribution in [0.2, 0.25) is 0 Å². The first kappa shape index (κ1) is 28.0. The molecule has 0 aliphatic carbocycles. The van der Waals surface area contributed by atoms with E-state index >= 15 is 0 Å². The Kier molecular flexibility index (Phi) is 25.0. The lowest BCUT2D eigenvalue weighted by Crippen LogP contribution is -1.87. The fourth-order valence-corrected chi connectivity index (χ4v) is 4.34. The molecule has 0 nitrogen and oxygen atoms in total. The SMILES string of the molecule is CCCCCCCCCCCCCCCCCCCCCCCCCC(C)C. The van der Waals surface area contributed by atoms with Crippen LogP contribution in [-0.4, -0.2) is 0 Å². The Morgan fingerprint density at radius 3 is 0.750 bits per heavy atom. The maximum atomic E-state index is 2.35. The molecule has 0 aromatic carbocycles. The Hall–Kier alpha value is 0. The first-order valence-electron chi connectivity index (χ1n) is 13.8. The van der Waals surface area contributed by atoms with Gasteiger partial charge in [0.15, 0.2) is 0 Å². The monoisotopic (exact) mass is 394 g/mol. The largest absolute Gasteiger partial charge is 0.0654 e. The zero-order valence-corrected chi connectivity index (χ0v) is 20.5. The maximum Gasteiger partial charge on any atom is -0.0471 e. The third kappa shape index (κ3) is 26.0. The maximum absolute atomic E-state index is 2.35. The van der Waals surface area contributed by atoms with Crippen molar-refractivity contribution < 1.29 is 0 Å². The zero-order chi connectivity index (χ0) is 20.5. The van der Waals surface area contributed by atoms with Crippen molar-refractivity contribution >= 4 is 0 Å². The summed E-state index contributed by atoms with van der Waals surface area (Å²) in [7, 11) is 0. The highest BCUT2D eigenvalue weighted by atomic mass is 14.0. The van der Waals surface area contributed by atoms with Gasteiger partial charge in [-0.25, -0.2) is 0 Å². The van der Waals surface area contributed by atoms with E-state index in [0.29, 0.717) is 0 Å².